The lowest BCUT2D eigenvalue weighted by molar-refractivity contribution is -0.276. The Hall–Kier alpha value is -2.13. The fourth-order valence-corrected chi connectivity index (χ4v) is 1.05. The molecular formula is C8H4F5NO4. The molecule has 0 bridgehead atoms. The van der Waals surface area contributed by atoms with Crippen LogP contribution >= 0.6 is 0 Å². The summed E-state index contributed by atoms with van der Waals surface area (Å²) in [6, 6.07) is 0.132. The molecule has 1 rings (SSSR count). The maximum absolute atomic E-state index is 12.4. The van der Waals surface area contributed by atoms with Crippen LogP contribution in [0.5, 0.6) is 5.88 Å². The number of carboxylic acids is 1. The molecule has 0 amide bonds. The van der Waals surface area contributed by atoms with Crippen molar-refractivity contribution in [3.05, 3.63) is 27.5 Å². The molecule has 0 fully saturated rings. The molecular weight excluding hydrogens is 269 g/mol. The molecule has 0 saturated heterocycles. The van der Waals surface area contributed by atoms with Gasteiger partial charge in [0.25, 0.3) is 12.0 Å². The Morgan fingerprint density at radius 2 is 1.94 bits per heavy atom. The second kappa shape index (κ2) is 4.63. The Morgan fingerprint density at radius 3 is 2.33 bits per heavy atom. The summed E-state index contributed by atoms with van der Waals surface area (Å²) in [5, 5.41) is 8.47. The van der Waals surface area contributed by atoms with Gasteiger partial charge < -0.3 is 9.84 Å². The first kappa shape index (κ1) is 13.9. The van der Waals surface area contributed by atoms with Crippen molar-refractivity contribution in [2.75, 3.05) is 0 Å². The summed E-state index contributed by atoms with van der Waals surface area (Å²) in [6.45, 7) is 0. The highest BCUT2D eigenvalue weighted by Gasteiger charge is 2.34. The van der Waals surface area contributed by atoms with Crippen LogP contribution in [0.1, 0.15) is 22.3 Å². The summed E-state index contributed by atoms with van der Waals surface area (Å²) < 4.78 is 63.6. The van der Waals surface area contributed by atoms with E-state index in [1.54, 1.807) is 0 Å². The molecule has 1 heterocycles. The first-order chi connectivity index (χ1) is 8.11. The van der Waals surface area contributed by atoms with Crippen molar-refractivity contribution in [1.82, 2.24) is 4.98 Å². The Labute approximate surface area is 94.8 Å². The number of aromatic nitrogens is 1. The molecule has 100 valence electrons. The molecule has 0 unspecified atom stereocenters. The highest BCUT2D eigenvalue weighted by Crippen LogP contribution is 2.30. The maximum atomic E-state index is 12.4. The minimum Gasteiger partial charge on any atom is -0.477 e. The van der Waals surface area contributed by atoms with Gasteiger partial charge in [0.1, 0.15) is 5.56 Å². The monoisotopic (exact) mass is 273 g/mol. The highest BCUT2D eigenvalue weighted by molar-refractivity contribution is 5.87. The summed E-state index contributed by atoms with van der Waals surface area (Å²) in [6.07, 6.45) is -8.74. The molecule has 0 saturated carbocycles. The van der Waals surface area contributed by atoms with Gasteiger partial charge in [-0.15, -0.1) is 13.2 Å². The van der Waals surface area contributed by atoms with Crippen LogP contribution in [0, 0.1) is 0 Å². The molecule has 2 N–H and O–H groups in total. The van der Waals surface area contributed by atoms with Gasteiger partial charge in [-0.05, 0) is 6.07 Å². The first-order valence-electron chi connectivity index (χ1n) is 4.16. The highest BCUT2D eigenvalue weighted by atomic mass is 19.4. The van der Waals surface area contributed by atoms with Crippen LogP contribution in [0.2, 0.25) is 0 Å². The number of H-pyrrole nitrogens is 1. The molecule has 0 aromatic carbocycles. The van der Waals surface area contributed by atoms with E-state index in [1.807, 2.05) is 0 Å². The summed E-state index contributed by atoms with van der Waals surface area (Å²) in [5.74, 6) is -3.38. The van der Waals surface area contributed by atoms with Gasteiger partial charge in [-0.3, -0.25) is 9.78 Å². The van der Waals surface area contributed by atoms with E-state index < -0.39 is 41.3 Å². The molecule has 10 heteroatoms. The molecule has 0 aliphatic heterocycles. The Balaban J connectivity index is 3.39. The van der Waals surface area contributed by atoms with Gasteiger partial charge in [-0.1, -0.05) is 0 Å². The fourth-order valence-electron chi connectivity index (χ4n) is 1.05. The van der Waals surface area contributed by atoms with Crippen LogP contribution in [-0.4, -0.2) is 22.4 Å². The van der Waals surface area contributed by atoms with Crippen molar-refractivity contribution in [2.24, 2.45) is 0 Å². The Bertz CT molecular complexity index is 521. The summed E-state index contributed by atoms with van der Waals surface area (Å²) in [4.78, 5) is 22.8. The number of alkyl halides is 5. The minimum absolute atomic E-state index is 0.132. The van der Waals surface area contributed by atoms with Crippen molar-refractivity contribution in [1.29, 1.82) is 0 Å². The van der Waals surface area contributed by atoms with E-state index in [-0.39, 0.29) is 6.07 Å². The quantitative estimate of drug-likeness (QED) is 0.824. The van der Waals surface area contributed by atoms with Gasteiger partial charge in [0, 0.05) is 0 Å². The predicted molar refractivity (Wildman–Crippen MR) is 45.7 cm³/mol. The third-order valence-corrected chi connectivity index (χ3v) is 1.72. The van der Waals surface area contributed by atoms with Crippen LogP contribution in [0.25, 0.3) is 0 Å². The molecule has 1 aromatic heterocycles. The Morgan fingerprint density at radius 1 is 1.39 bits per heavy atom. The number of hydrogen-bond acceptors (Lipinski definition) is 3. The normalized spacial score (nSPS) is 11.7. The lowest BCUT2D eigenvalue weighted by Crippen LogP contribution is -2.24. The number of aromatic carboxylic acids is 1. The van der Waals surface area contributed by atoms with Crippen LogP contribution in [0.15, 0.2) is 10.9 Å². The first-order valence-corrected chi connectivity index (χ1v) is 4.16. The number of carbonyl (C=O) groups is 1. The molecule has 0 atom stereocenters. The van der Waals surface area contributed by atoms with Crippen LogP contribution in [0.4, 0.5) is 22.0 Å². The molecule has 0 radical (unpaired) electrons. The number of pyridine rings is 1. The van der Waals surface area contributed by atoms with Crippen LogP contribution in [-0.2, 0) is 0 Å². The zero-order valence-corrected chi connectivity index (χ0v) is 8.22. The van der Waals surface area contributed by atoms with Crippen molar-refractivity contribution < 1.29 is 36.6 Å². The number of hydrogen-bond donors (Lipinski definition) is 2. The van der Waals surface area contributed by atoms with Gasteiger partial charge in [0.2, 0.25) is 5.88 Å². The average Bonchev–Trinajstić information content (AvgIpc) is 2.13. The van der Waals surface area contributed by atoms with E-state index in [9.17, 15) is 31.5 Å². The molecule has 5 nitrogen and oxygen atoms in total. The van der Waals surface area contributed by atoms with Gasteiger partial charge in [0.15, 0.2) is 0 Å². The van der Waals surface area contributed by atoms with Crippen molar-refractivity contribution in [3.8, 4) is 5.88 Å². The predicted octanol–water partition coefficient (Wildman–Crippen LogP) is 1.91. The maximum Gasteiger partial charge on any atom is 0.574 e. The topological polar surface area (TPSA) is 79.4 Å². The number of aromatic amines is 1. The van der Waals surface area contributed by atoms with E-state index in [4.69, 9.17) is 5.11 Å². The zero-order chi connectivity index (χ0) is 14.1. The molecule has 0 spiro atoms. The van der Waals surface area contributed by atoms with Crippen LogP contribution < -0.4 is 10.3 Å². The standard InChI is InChI=1S/C8H4F5NO4/c9-4(10)2-1-3(7(16)17)5(15)14-6(2)18-8(11,12)13/h1,4H,(H,14,15)(H,16,17). The largest absolute Gasteiger partial charge is 0.574 e. The van der Waals surface area contributed by atoms with Crippen molar-refractivity contribution in [3.63, 3.8) is 0 Å². The Kier molecular flexibility index (Phi) is 3.58. The van der Waals surface area contributed by atoms with E-state index in [2.05, 4.69) is 4.74 Å². The summed E-state index contributed by atoms with van der Waals surface area (Å²) in [5.41, 5.74) is -3.96. The fraction of sp³-hybridized carbons (Fsp3) is 0.250. The number of nitrogens with one attached hydrogen (secondary N) is 1. The lowest BCUT2D eigenvalue weighted by atomic mass is 10.2. The van der Waals surface area contributed by atoms with Gasteiger partial charge >= 0.3 is 12.3 Å². The smallest absolute Gasteiger partial charge is 0.477 e. The van der Waals surface area contributed by atoms with Gasteiger partial charge in [-0.2, -0.15) is 0 Å². The summed E-state index contributed by atoms with van der Waals surface area (Å²) >= 11 is 0. The molecule has 1 aromatic rings. The average molecular weight is 273 g/mol. The second-order valence-electron chi connectivity index (χ2n) is 2.95. The van der Waals surface area contributed by atoms with Crippen molar-refractivity contribution in [2.45, 2.75) is 12.8 Å². The number of rotatable bonds is 3. The summed E-state index contributed by atoms with van der Waals surface area (Å²) in [7, 11) is 0. The van der Waals surface area contributed by atoms with E-state index in [0.29, 0.717) is 0 Å². The number of halogens is 5. The third kappa shape index (κ3) is 3.18. The number of ether oxygens (including phenoxy) is 1. The minimum atomic E-state index is -5.29. The van der Waals surface area contributed by atoms with E-state index in [1.165, 1.54) is 4.98 Å². The van der Waals surface area contributed by atoms with Gasteiger partial charge in [-0.25, -0.2) is 13.6 Å². The second-order valence-corrected chi connectivity index (χ2v) is 2.95. The van der Waals surface area contributed by atoms with Crippen molar-refractivity contribution >= 4 is 5.97 Å². The third-order valence-electron chi connectivity index (χ3n) is 1.72. The SMILES string of the molecule is O=C(O)c1cc(C(F)F)c(OC(F)(F)F)[nH]c1=O. The molecule has 0 aliphatic carbocycles. The lowest BCUT2D eigenvalue weighted by Gasteiger charge is -2.12. The molecule has 18 heavy (non-hydrogen) atoms. The molecule has 0 aliphatic rings. The van der Waals surface area contributed by atoms with Gasteiger partial charge in [0.05, 0.1) is 5.56 Å². The van der Waals surface area contributed by atoms with E-state index >= 15 is 0 Å². The van der Waals surface area contributed by atoms with E-state index in [0.717, 1.165) is 0 Å². The van der Waals surface area contributed by atoms with Crippen LogP contribution in [0.3, 0.4) is 0 Å². The number of carboxylic acid groups (broad SMARTS) is 1. The zero-order valence-electron chi connectivity index (χ0n) is 8.22.